The number of nitrogens with two attached hydrogens (primary N) is 1. The molecule has 1 aliphatic heterocycles. The summed E-state index contributed by atoms with van der Waals surface area (Å²) >= 11 is 0. The van der Waals surface area contributed by atoms with Crippen LogP contribution in [-0.4, -0.2) is 16.1 Å². The minimum atomic E-state index is -0.727. The Labute approximate surface area is 105 Å². The van der Waals surface area contributed by atoms with E-state index in [1.165, 1.54) is 10.6 Å². The molecule has 1 aliphatic rings. The number of pyridine rings is 1. The molecule has 0 spiro atoms. The van der Waals surface area contributed by atoms with Gasteiger partial charge in [-0.05, 0) is 45.1 Å². The molecule has 0 saturated heterocycles. The number of aromatic nitrogens is 1. The number of fused-ring (bicyclic) bond motifs is 1. The molecule has 5 nitrogen and oxygen atoms in total. The molecular formula is C13H16N2O3. The van der Waals surface area contributed by atoms with Gasteiger partial charge in [-0.15, -0.1) is 0 Å². The number of rotatable bonds is 1. The smallest absolute Gasteiger partial charge is 0.333 e. The summed E-state index contributed by atoms with van der Waals surface area (Å²) in [6.07, 6.45) is 3.36. The predicted octanol–water partition coefficient (Wildman–Crippen LogP) is 1.34. The highest BCUT2D eigenvalue weighted by atomic mass is 16.6. The molecule has 0 radical (unpaired) electrons. The fraction of sp³-hybridized carbons (Fsp3) is 0.385. The molecule has 0 amide bonds. The maximum absolute atomic E-state index is 12.0. The lowest BCUT2D eigenvalue weighted by Crippen LogP contribution is -2.34. The molecule has 2 heterocycles. The average molecular weight is 248 g/mol. The summed E-state index contributed by atoms with van der Waals surface area (Å²) in [5, 5.41) is 0. The molecule has 0 fully saturated rings. The molecule has 0 aliphatic carbocycles. The highest BCUT2D eigenvalue weighted by Gasteiger charge is 2.29. The van der Waals surface area contributed by atoms with Crippen LogP contribution in [0.25, 0.3) is 6.08 Å². The topological polar surface area (TPSA) is 74.3 Å². The molecule has 96 valence electrons. The summed E-state index contributed by atoms with van der Waals surface area (Å²) in [5.41, 5.74) is 5.40. The van der Waals surface area contributed by atoms with Crippen molar-refractivity contribution in [2.45, 2.75) is 32.4 Å². The van der Waals surface area contributed by atoms with Crippen molar-refractivity contribution in [2.24, 2.45) is 0 Å². The molecule has 5 heteroatoms. The SMILES string of the molecule is CC(C)(C)OC(=O)[C@@H]1C=Cc2ccc(N)c(=O)n21. The van der Waals surface area contributed by atoms with Crippen molar-refractivity contribution in [2.75, 3.05) is 5.73 Å². The van der Waals surface area contributed by atoms with Crippen LogP contribution in [0.4, 0.5) is 5.69 Å². The second kappa shape index (κ2) is 4.01. The van der Waals surface area contributed by atoms with Gasteiger partial charge in [0.1, 0.15) is 5.60 Å². The summed E-state index contributed by atoms with van der Waals surface area (Å²) < 4.78 is 6.63. The fourth-order valence-electron chi connectivity index (χ4n) is 1.83. The highest BCUT2D eigenvalue weighted by molar-refractivity contribution is 5.80. The largest absolute Gasteiger partial charge is 0.458 e. The van der Waals surface area contributed by atoms with Gasteiger partial charge in [0.05, 0.1) is 5.69 Å². The van der Waals surface area contributed by atoms with Crippen molar-refractivity contribution < 1.29 is 9.53 Å². The van der Waals surface area contributed by atoms with E-state index in [2.05, 4.69) is 0 Å². The third-order valence-corrected chi connectivity index (χ3v) is 2.55. The van der Waals surface area contributed by atoms with E-state index in [4.69, 9.17) is 10.5 Å². The first kappa shape index (κ1) is 12.4. The highest BCUT2D eigenvalue weighted by Crippen LogP contribution is 2.23. The van der Waals surface area contributed by atoms with Gasteiger partial charge in [-0.3, -0.25) is 9.36 Å². The maximum Gasteiger partial charge on any atom is 0.333 e. The minimum Gasteiger partial charge on any atom is -0.458 e. The summed E-state index contributed by atoms with van der Waals surface area (Å²) in [5.74, 6) is -0.454. The Morgan fingerprint density at radius 1 is 1.39 bits per heavy atom. The number of ether oxygens (including phenoxy) is 1. The Morgan fingerprint density at radius 2 is 2.06 bits per heavy atom. The number of anilines is 1. The van der Waals surface area contributed by atoms with E-state index in [-0.39, 0.29) is 11.2 Å². The number of nitrogen functional groups attached to an aromatic ring is 1. The number of carbonyl (C=O) groups excluding carboxylic acids is 1. The second-order valence-electron chi connectivity index (χ2n) is 5.23. The van der Waals surface area contributed by atoms with E-state index < -0.39 is 17.6 Å². The van der Waals surface area contributed by atoms with Gasteiger partial charge in [-0.25, -0.2) is 4.79 Å². The number of carbonyl (C=O) groups is 1. The van der Waals surface area contributed by atoms with Gasteiger partial charge < -0.3 is 10.5 Å². The molecule has 0 bridgehead atoms. The summed E-state index contributed by atoms with van der Waals surface area (Å²) in [6, 6.07) is 2.52. The zero-order valence-electron chi connectivity index (χ0n) is 10.6. The molecule has 1 aromatic heterocycles. The molecule has 0 saturated carbocycles. The molecule has 0 unspecified atom stereocenters. The van der Waals surface area contributed by atoms with E-state index in [0.29, 0.717) is 5.69 Å². The Bertz CT molecular complexity index is 579. The zero-order chi connectivity index (χ0) is 13.5. The monoisotopic (exact) mass is 248 g/mol. The molecule has 1 aromatic rings. The third kappa shape index (κ3) is 2.16. The van der Waals surface area contributed by atoms with Crippen LogP contribution in [-0.2, 0) is 9.53 Å². The summed E-state index contributed by atoms with van der Waals surface area (Å²) in [6.45, 7) is 5.35. The molecule has 0 aromatic carbocycles. The average Bonchev–Trinajstić information content (AvgIpc) is 2.65. The summed E-state index contributed by atoms with van der Waals surface area (Å²) in [7, 11) is 0. The molecule has 1 atom stereocenters. The van der Waals surface area contributed by atoms with E-state index in [0.717, 1.165) is 0 Å². The van der Waals surface area contributed by atoms with Crippen LogP contribution in [0, 0.1) is 0 Å². The van der Waals surface area contributed by atoms with Crippen LogP contribution in [0.2, 0.25) is 0 Å². The lowest BCUT2D eigenvalue weighted by Gasteiger charge is -2.22. The summed E-state index contributed by atoms with van der Waals surface area (Å²) in [4.78, 5) is 23.9. The van der Waals surface area contributed by atoms with Crippen LogP contribution in [0.5, 0.6) is 0 Å². The van der Waals surface area contributed by atoms with Gasteiger partial charge >= 0.3 is 5.97 Å². The normalized spacial score (nSPS) is 17.6. The van der Waals surface area contributed by atoms with Crippen molar-refractivity contribution in [3.63, 3.8) is 0 Å². The van der Waals surface area contributed by atoms with E-state index >= 15 is 0 Å². The Kier molecular flexibility index (Phi) is 2.77. The molecule has 18 heavy (non-hydrogen) atoms. The van der Waals surface area contributed by atoms with Crippen molar-refractivity contribution in [1.29, 1.82) is 0 Å². The number of nitrogens with zero attached hydrogens (tertiary/aromatic N) is 1. The Balaban J connectivity index is 2.38. The van der Waals surface area contributed by atoms with E-state index in [1.54, 1.807) is 39.0 Å². The fourth-order valence-corrected chi connectivity index (χ4v) is 1.83. The molecule has 2 N–H and O–H groups in total. The predicted molar refractivity (Wildman–Crippen MR) is 69.0 cm³/mol. The first-order chi connectivity index (χ1) is 8.29. The van der Waals surface area contributed by atoms with Gasteiger partial charge in [0.2, 0.25) is 0 Å². The van der Waals surface area contributed by atoms with Gasteiger partial charge in [0, 0.05) is 5.69 Å². The van der Waals surface area contributed by atoms with Crippen molar-refractivity contribution in [3.8, 4) is 0 Å². The van der Waals surface area contributed by atoms with Crippen molar-refractivity contribution in [3.05, 3.63) is 34.3 Å². The minimum absolute atomic E-state index is 0.121. The standard InChI is InChI=1S/C13H16N2O3/c1-13(2,3)18-12(17)10-7-5-8-4-6-9(14)11(16)15(8)10/h4-7,10H,14H2,1-3H3/t10-/m0/s1. The van der Waals surface area contributed by atoms with Crippen LogP contribution in [0.1, 0.15) is 32.5 Å². The Hall–Kier alpha value is -2.04. The maximum atomic E-state index is 12.0. The van der Waals surface area contributed by atoms with Gasteiger partial charge in [0.15, 0.2) is 6.04 Å². The molecule has 2 rings (SSSR count). The van der Waals surface area contributed by atoms with Gasteiger partial charge in [0.25, 0.3) is 5.56 Å². The van der Waals surface area contributed by atoms with Crippen molar-refractivity contribution >= 4 is 17.7 Å². The first-order valence-electron chi connectivity index (χ1n) is 5.72. The third-order valence-electron chi connectivity index (χ3n) is 2.55. The first-order valence-corrected chi connectivity index (χ1v) is 5.72. The lowest BCUT2D eigenvalue weighted by atomic mass is 10.2. The number of hydrogen-bond donors (Lipinski definition) is 1. The Morgan fingerprint density at radius 3 is 2.67 bits per heavy atom. The molecular weight excluding hydrogens is 232 g/mol. The zero-order valence-corrected chi connectivity index (χ0v) is 10.6. The van der Waals surface area contributed by atoms with Crippen LogP contribution in [0.3, 0.4) is 0 Å². The second-order valence-corrected chi connectivity index (χ2v) is 5.23. The van der Waals surface area contributed by atoms with Crippen LogP contribution < -0.4 is 11.3 Å². The van der Waals surface area contributed by atoms with Crippen LogP contribution >= 0.6 is 0 Å². The van der Waals surface area contributed by atoms with Crippen molar-refractivity contribution in [1.82, 2.24) is 4.57 Å². The number of hydrogen-bond acceptors (Lipinski definition) is 4. The van der Waals surface area contributed by atoms with Gasteiger partial charge in [-0.1, -0.05) is 0 Å². The quantitative estimate of drug-likeness (QED) is 0.761. The van der Waals surface area contributed by atoms with Gasteiger partial charge in [-0.2, -0.15) is 0 Å². The van der Waals surface area contributed by atoms with Crippen LogP contribution in [0.15, 0.2) is 23.0 Å². The van der Waals surface area contributed by atoms with E-state index in [1.807, 2.05) is 0 Å². The van der Waals surface area contributed by atoms with E-state index in [9.17, 15) is 9.59 Å². The lowest BCUT2D eigenvalue weighted by molar-refractivity contribution is -0.157. The number of esters is 1.